The fourth-order valence-corrected chi connectivity index (χ4v) is 3.79. The van der Waals surface area contributed by atoms with Crippen molar-refractivity contribution in [2.24, 2.45) is 5.16 Å². The average molecular weight is 496 g/mol. The molecule has 162 valence electrons. The van der Waals surface area contributed by atoms with E-state index in [1.807, 2.05) is 37.3 Å². The van der Waals surface area contributed by atoms with Crippen LogP contribution in [0.1, 0.15) is 23.6 Å². The van der Waals surface area contributed by atoms with Crippen molar-refractivity contribution in [3.8, 4) is 11.5 Å². The number of benzene rings is 3. The highest BCUT2D eigenvalue weighted by molar-refractivity contribution is 9.10. The molecular formula is C25H19BrFNO4. The van der Waals surface area contributed by atoms with Crippen LogP contribution in [0, 0.1) is 5.82 Å². The number of carbonyl (C=O) groups excluding carboxylic acids is 1. The summed E-state index contributed by atoms with van der Waals surface area (Å²) in [5, 5.41) is 3.93. The van der Waals surface area contributed by atoms with E-state index in [9.17, 15) is 9.18 Å². The van der Waals surface area contributed by atoms with Crippen LogP contribution in [-0.2, 0) is 16.2 Å². The molecule has 1 aliphatic rings. The van der Waals surface area contributed by atoms with Gasteiger partial charge in [0, 0.05) is 11.1 Å². The van der Waals surface area contributed by atoms with Crippen LogP contribution in [0.2, 0.25) is 0 Å². The van der Waals surface area contributed by atoms with E-state index in [0.29, 0.717) is 45.0 Å². The van der Waals surface area contributed by atoms with Crippen molar-refractivity contribution < 1.29 is 23.5 Å². The summed E-state index contributed by atoms with van der Waals surface area (Å²) in [5.74, 6) is 0.0473. The maximum Gasteiger partial charge on any atom is 0.368 e. The first-order chi connectivity index (χ1) is 15.6. The third-order valence-electron chi connectivity index (χ3n) is 4.71. The molecule has 0 bridgehead atoms. The Kier molecular flexibility index (Phi) is 6.66. The Morgan fingerprint density at radius 2 is 1.81 bits per heavy atom. The number of oxime groups is 1. The summed E-state index contributed by atoms with van der Waals surface area (Å²) in [6.45, 7) is 2.30. The van der Waals surface area contributed by atoms with E-state index in [0.717, 1.165) is 5.56 Å². The van der Waals surface area contributed by atoms with E-state index in [2.05, 4.69) is 21.1 Å². The molecule has 32 heavy (non-hydrogen) atoms. The summed E-state index contributed by atoms with van der Waals surface area (Å²) < 4.78 is 26.2. The van der Waals surface area contributed by atoms with Crippen molar-refractivity contribution in [3.05, 3.63) is 99.3 Å². The van der Waals surface area contributed by atoms with E-state index in [1.165, 1.54) is 6.07 Å². The largest absolute Gasteiger partial charge is 0.490 e. The van der Waals surface area contributed by atoms with E-state index >= 15 is 0 Å². The fraction of sp³-hybridized carbons (Fsp3) is 0.120. The second kappa shape index (κ2) is 9.78. The van der Waals surface area contributed by atoms with Gasteiger partial charge >= 0.3 is 5.97 Å². The summed E-state index contributed by atoms with van der Waals surface area (Å²) in [6, 6.07) is 19.3. The Labute approximate surface area is 193 Å². The molecule has 0 fully saturated rings. The number of carbonyl (C=O) groups is 1. The third kappa shape index (κ3) is 4.73. The van der Waals surface area contributed by atoms with Crippen molar-refractivity contribution in [3.63, 3.8) is 0 Å². The number of nitrogens with zero attached hydrogens (tertiary/aromatic N) is 1. The second-order valence-corrected chi connectivity index (χ2v) is 7.74. The first-order valence-corrected chi connectivity index (χ1v) is 10.8. The molecule has 4 rings (SSSR count). The average Bonchev–Trinajstić information content (AvgIpc) is 3.15. The number of rotatable bonds is 7. The minimum atomic E-state index is -0.530. The van der Waals surface area contributed by atoms with Gasteiger partial charge in [0.15, 0.2) is 11.5 Å². The van der Waals surface area contributed by atoms with Gasteiger partial charge in [0.2, 0.25) is 0 Å². The molecule has 3 aromatic rings. The number of hydrogen-bond acceptors (Lipinski definition) is 5. The Bertz CT molecular complexity index is 1210. The summed E-state index contributed by atoms with van der Waals surface area (Å²) in [7, 11) is 0. The first-order valence-electron chi connectivity index (χ1n) is 9.96. The van der Waals surface area contributed by atoms with Gasteiger partial charge in [-0.3, -0.25) is 0 Å². The SMILES string of the molecule is CCOc1cc(/C=C2\C(=O)ON=C2c2ccccc2)cc(Br)c1OCc1ccccc1F. The maximum atomic E-state index is 14.0. The van der Waals surface area contributed by atoms with Crippen molar-refractivity contribution in [2.45, 2.75) is 13.5 Å². The van der Waals surface area contributed by atoms with Crippen molar-refractivity contribution in [1.82, 2.24) is 0 Å². The molecule has 1 aliphatic heterocycles. The molecule has 0 spiro atoms. The molecule has 5 nitrogen and oxygen atoms in total. The molecule has 0 N–H and O–H groups in total. The van der Waals surface area contributed by atoms with Crippen LogP contribution in [-0.4, -0.2) is 18.3 Å². The molecular weight excluding hydrogens is 477 g/mol. The Balaban J connectivity index is 1.66. The fourth-order valence-electron chi connectivity index (χ4n) is 3.22. The molecule has 0 unspecified atom stereocenters. The van der Waals surface area contributed by atoms with Crippen molar-refractivity contribution >= 4 is 33.7 Å². The number of hydrogen-bond donors (Lipinski definition) is 0. The highest BCUT2D eigenvalue weighted by Crippen LogP contribution is 2.38. The third-order valence-corrected chi connectivity index (χ3v) is 5.30. The molecule has 0 saturated heterocycles. The van der Waals surface area contributed by atoms with Crippen LogP contribution in [0.5, 0.6) is 11.5 Å². The van der Waals surface area contributed by atoms with E-state index in [1.54, 1.807) is 36.4 Å². The summed E-state index contributed by atoms with van der Waals surface area (Å²) in [5.41, 5.74) is 2.70. The normalized spacial score (nSPS) is 14.3. The predicted molar refractivity (Wildman–Crippen MR) is 123 cm³/mol. The van der Waals surface area contributed by atoms with Gasteiger partial charge in [-0.25, -0.2) is 9.18 Å². The smallest absolute Gasteiger partial charge is 0.368 e. The minimum Gasteiger partial charge on any atom is -0.490 e. The Hall–Kier alpha value is -3.45. The topological polar surface area (TPSA) is 57.1 Å². The minimum absolute atomic E-state index is 0.0446. The van der Waals surface area contributed by atoms with Gasteiger partial charge in [0.25, 0.3) is 0 Å². The molecule has 7 heteroatoms. The van der Waals surface area contributed by atoms with Crippen LogP contribution >= 0.6 is 15.9 Å². The summed E-state index contributed by atoms with van der Waals surface area (Å²) in [6.07, 6.45) is 1.69. The molecule has 0 aromatic heterocycles. The molecule has 0 atom stereocenters. The van der Waals surface area contributed by atoms with E-state index in [4.69, 9.17) is 14.3 Å². The zero-order valence-electron chi connectivity index (χ0n) is 17.2. The van der Waals surface area contributed by atoms with Crippen LogP contribution in [0.3, 0.4) is 0 Å². The monoisotopic (exact) mass is 495 g/mol. The Morgan fingerprint density at radius 1 is 1.06 bits per heavy atom. The lowest BCUT2D eigenvalue weighted by Crippen LogP contribution is -2.07. The molecule has 3 aromatic carbocycles. The highest BCUT2D eigenvalue weighted by atomic mass is 79.9. The van der Waals surface area contributed by atoms with Gasteiger partial charge in [0.1, 0.15) is 18.1 Å². The van der Waals surface area contributed by atoms with Gasteiger partial charge in [-0.15, -0.1) is 0 Å². The van der Waals surface area contributed by atoms with Crippen LogP contribution < -0.4 is 9.47 Å². The van der Waals surface area contributed by atoms with Gasteiger partial charge in [0.05, 0.1) is 16.7 Å². The van der Waals surface area contributed by atoms with Gasteiger partial charge in [-0.1, -0.05) is 53.7 Å². The highest BCUT2D eigenvalue weighted by Gasteiger charge is 2.27. The second-order valence-electron chi connectivity index (χ2n) is 6.89. The molecule has 0 radical (unpaired) electrons. The maximum absolute atomic E-state index is 14.0. The Morgan fingerprint density at radius 3 is 2.56 bits per heavy atom. The molecule has 0 saturated carbocycles. The lowest BCUT2D eigenvalue weighted by molar-refractivity contribution is -0.136. The first kappa shape index (κ1) is 21.8. The lowest BCUT2D eigenvalue weighted by atomic mass is 10.0. The standard InChI is InChI=1S/C25H19BrFNO4/c1-2-30-22-14-16(12-19-23(28-32-25(19)29)17-8-4-3-5-9-17)13-20(26)24(22)31-15-18-10-6-7-11-21(18)27/h3-14H,2,15H2,1H3/b19-12-. The summed E-state index contributed by atoms with van der Waals surface area (Å²) >= 11 is 3.51. The molecule has 0 aliphatic carbocycles. The molecule has 1 heterocycles. The van der Waals surface area contributed by atoms with Crippen molar-refractivity contribution in [2.75, 3.05) is 6.61 Å². The number of halogens is 2. The van der Waals surface area contributed by atoms with Crippen LogP contribution in [0.15, 0.2) is 81.9 Å². The van der Waals surface area contributed by atoms with E-state index < -0.39 is 5.97 Å². The lowest BCUT2D eigenvalue weighted by Gasteiger charge is -2.15. The predicted octanol–water partition coefficient (Wildman–Crippen LogP) is 5.91. The zero-order valence-corrected chi connectivity index (χ0v) is 18.8. The molecule has 0 amide bonds. The van der Waals surface area contributed by atoms with Gasteiger partial charge < -0.3 is 14.3 Å². The van der Waals surface area contributed by atoms with Crippen molar-refractivity contribution in [1.29, 1.82) is 0 Å². The number of ether oxygens (including phenoxy) is 2. The van der Waals surface area contributed by atoms with Crippen LogP contribution in [0.4, 0.5) is 4.39 Å². The zero-order chi connectivity index (χ0) is 22.5. The quantitative estimate of drug-likeness (QED) is 0.302. The van der Waals surface area contributed by atoms with Gasteiger partial charge in [-0.05, 0) is 52.7 Å². The van der Waals surface area contributed by atoms with E-state index in [-0.39, 0.29) is 12.4 Å². The summed E-state index contributed by atoms with van der Waals surface area (Å²) in [4.78, 5) is 17.2. The van der Waals surface area contributed by atoms with Crippen LogP contribution in [0.25, 0.3) is 6.08 Å². The van der Waals surface area contributed by atoms with Gasteiger partial charge in [-0.2, -0.15) is 0 Å².